The van der Waals surface area contributed by atoms with Gasteiger partial charge in [-0.1, -0.05) is 26.5 Å². The van der Waals surface area contributed by atoms with Gasteiger partial charge in [0.05, 0.1) is 6.61 Å². The predicted molar refractivity (Wildman–Crippen MR) is 95.0 cm³/mol. The van der Waals surface area contributed by atoms with E-state index in [2.05, 4.69) is 6.58 Å². The van der Waals surface area contributed by atoms with Gasteiger partial charge in [-0.05, 0) is 30.4 Å². The van der Waals surface area contributed by atoms with Gasteiger partial charge in [-0.3, -0.25) is 9.59 Å². The number of Topliss-reactive ketones (excluding diaryl/α,β-unsaturated/α-hetero) is 1. The van der Waals surface area contributed by atoms with Crippen molar-refractivity contribution in [3.63, 3.8) is 0 Å². The second kappa shape index (κ2) is 8.94. The lowest BCUT2D eigenvalue weighted by Gasteiger charge is -2.18. The quantitative estimate of drug-likeness (QED) is 0.458. The molecule has 26 heavy (non-hydrogen) atoms. The van der Waals surface area contributed by atoms with Crippen molar-refractivity contribution in [3.8, 4) is 0 Å². The van der Waals surface area contributed by atoms with Gasteiger partial charge in [-0.25, -0.2) is 4.79 Å². The first kappa shape index (κ1) is 20.1. The van der Waals surface area contributed by atoms with Crippen molar-refractivity contribution in [1.82, 2.24) is 0 Å². The third kappa shape index (κ3) is 5.14. The Bertz CT molecular complexity index is 655. The lowest BCUT2D eigenvalue weighted by Crippen LogP contribution is -2.22. The number of aliphatic hydroxyl groups excluding tert-OH is 1. The molecule has 1 heterocycles. The lowest BCUT2D eigenvalue weighted by atomic mass is 9.87. The van der Waals surface area contributed by atoms with Crippen LogP contribution in [0.4, 0.5) is 0 Å². The summed E-state index contributed by atoms with van der Waals surface area (Å²) in [4.78, 5) is 36.0. The number of rotatable bonds is 5. The number of esters is 2. The topological polar surface area (TPSA) is 89.9 Å². The van der Waals surface area contributed by atoms with Gasteiger partial charge in [0.1, 0.15) is 12.7 Å². The molecule has 2 unspecified atom stereocenters. The molecule has 2 rings (SSSR count). The maximum Gasteiger partial charge on any atom is 0.334 e. The van der Waals surface area contributed by atoms with Gasteiger partial charge in [-0.15, -0.1) is 0 Å². The van der Waals surface area contributed by atoms with Gasteiger partial charge in [0.15, 0.2) is 5.78 Å². The normalized spacial score (nSPS) is 27.9. The van der Waals surface area contributed by atoms with Crippen LogP contribution in [0.25, 0.3) is 0 Å². The largest absolute Gasteiger partial charge is 0.461 e. The lowest BCUT2D eigenvalue weighted by molar-refractivity contribution is -0.143. The van der Waals surface area contributed by atoms with E-state index in [-0.39, 0.29) is 42.9 Å². The molecule has 0 bridgehead atoms. The number of fused-ring (bicyclic) bond motifs is 1. The molecule has 0 spiro atoms. The highest BCUT2D eigenvalue weighted by Gasteiger charge is 2.39. The van der Waals surface area contributed by atoms with Crippen LogP contribution < -0.4 is 0 Å². The number of allylic oxidation sites excluding steroid dienone is 1. The van der Waals surface area contributed by atoms with Crippen LogP contribution in [0.5, 0.6) is 0 Å². The number of carbonyl (C=O) groups excluding carboxylic acids is 3. The molecular weight excluding hydrogens is 336 g/mol. The summed E-state index contributed by atoms with van der Waals surface area (Å²) in [6.45, 7) is 7.39. The smallest absolute Gasteiger partial charge is 0.334 e. The number of hydrogen-bond donors (Lipinski definition) is 1. The van der Waals surface area contributed by atoms with Gasteiger partial charge >= 0.3 is 11.9 Å². The van der Waals surface area contributed by atoms with Crippen LogP contribution in [0.15, 0.2) is 35.5 Å². The molecule has 2 aliphatic rings. The highest BCUT2D eigenvalue weighted by Crippen LogP contribution is 2.33. The third-order valence-corrected chi connectivity index (χ3v) is 4.53. The van der Waals surface area contributed by atoms with Gasteiger partial charge in [0.25, 0.3) is 0 Å². The Morgan fingerprint density at radius 1 is 1.42 bits per heavy atom. The Hall–Kier alpha value is -2.21. The minimum absolute atomic E-state index is 0.0541. The van der Waals surface area contributed by atoms with Gasteiger partial charge in [-0.2, -0.15) is 0 Å². The molecule has 0 amide bonds. The highest BCUT2D eigenvalue weighted by atomic mass is 16.6. The molecule has 6 heteroatoms. The summed E-state index contributed by atoms with van der Waals surface area (Å²) in [5.74, 6) is -1.25. The van der Waals surface area contributed by atoms with Crippen molar-refractivity contribution in [2.45, 2.75) is 45.6 Å². The van der Waals surface area contributed by atoms with Gasteiger partial charge < -0.3 is 14.6 Å². The summed E-state index contributed by atoms with van der Waals surface area (Å²) >= 11 is 0. The summed E-state index contributed by atoms with van der Waals surface area (Å²) in [5, 5.41) is 9.43. The first-order valence-electron chi connectivity index (χ1n) is 8.89. The molecule has 0 aromatic rings. The minimum atomic E-state index is -0.601. The Morgan fingerprint density at radius 3 is 2.81 bits per heavy atom. The zero-order chi connectivity index (χ0) is 19.3. The molecule has 0 aromatic heterocycles. The van der Waals surface area contributed by atoms with Crippen molar-refractivity contribution < 1.29 is 29.0 Å². The second-order valence-electron chi connectivity index (χ2n) is 7.14. The van der Waals surface area contributed by atoms with Crippen molar-refractivity contribution in [2.75, 3.05) is 13.2 Å². The SMILES string of the molecule is C=C1C(=O)OC2/C=C(/COC(=O)CC(C)C)CC/C=C(/CO)C(=O)CC12. The molecule has 1 saturated heterocycles. The number of ether oxygens (including phenoxy) is 2. The monoisotopic (exact) mass is 362 g/mol. The first-order valence-corrected chi connectivity index (χ1v) is 8.89. The van der Waals surface area contributed by atoms with Crippen molar-refractivity contribution in [1.29, 1.82) is 0 Å². The van der Waals surface area contributed by atoms with E-state index >= 15 is 0 Å². The molecule has 1 aliphatic heterocycles. The average Bonchev–Trinajstić information content (AvgIpc) is 2.83. The zero-order valence-electron chi connectivity index (χ0n) is 15.3. The van der Waals surface area contributed by atoms with E-state index in [1.165, 1.54) is 0 Å². The zero-order valence-corrected chi connectivity index (χ0v) is 15.3. The van der Waals surface area contributed by atoms with Crippen LogP contribution in [-0.2, 0) is 23.9 Å². The van der Waals surface area contributed by atoms with E-state index in [0.29, 0.717) is 24.8 Å². The van der Waals surface area contributed by atoms with E-state index in [9.17, 15) is 19.5 Å². The van der Waals surface area contributed by atoms with Crippen molar-refractivity contribution >= 4 is 17.7 Å². The standard InChI is InChI=1S/C20H26O6/c1-12(2)7-19(23)25-11-14-5-4-6-15(10-21)17(22)9-16-13(3)20(24)26-18(16)8-14/h6,8,12,16,18,21H,3-5,7,9-11H2,1-2H3/b14-8+,15-6-. The number of carbonyl (C=O) groups is 3. The molecule has 1 aliphatic carbocycles. The summed E-state index contributed by atoms with van der Waals surface area (Å²) in [6.07, 6.45) is 4.34. The molecule has 142 valence electrons. The van der Waals surface area contributed by atoms with Crippen LogP contribution >= 0.6 is 0 Å². The molecule has 0 saturated carbocycles. The van der Waals surface area contributed by atoms with Crippen molar-refractivity contribution in [2.24, 2.45) is 11.8 Å². The van der Waals surface area contributed by atoms with E-state index < -0.39 is 18.0 Å². The fraction of sp³-hybridized carbons (Fsp3) is 0.550. The molecule has 1 fully saturated rings. The van der Waals surface area contributed by atoms with Crippen LogP contribution in [0, 0.1) is 11.8 Å². The summed E-state index contributed by atoms with van der Waals surface area (Å²) in [7, 11) is 0. The Kier molecular flexibility index (Phi) is 6.91. The van der Waals surface area contributed by atoms with Crippen LogP contribution in [0.3, 0.4) is 0 Å². The van der Waals surface area contributed by atoms with Crippen LogP contribution in [0.2, 0.25) is 0 Å². The fourth-order valence-corrected chi connectivity index (χ4v) is 3.05. The van der Waals surface area contributed by atoms with E-state index in [4.69, 9.17) is 9.47 Å². The number of ketones is 1. The van der Waals surface area contributed by atoms with Crippen molar-refractivity contribution in [3.05, 3.63) is 35.5 Å². The second-order valence-corrected chi connectivity index (χ2v) is 7.14. The Balaban J connectivity index is 2.19. The average molecular weight is 362 g/mol. The van der Waals surface area contributed by atoms with E-state index in [1.54, 1.807) is 12.2 Å². The minimum Gasteiger partial charge on any atom is -0.461 e. The molecule has 1 N–H and O–H groups in total. The maximum atomic E-state index is 12.3. The highest BCUT2D eigenvalue weighted by molar-refractivity contribution is 5.98. The fourth-order valence-electron chi connectivity index (χ4n) is 3.05. The van der Waals surface area contributed by atoms with Gasteiger partial charge in [0, 0.05) is 29.9 Å². The number of aliphatic hydroxyl groups is 1. The summed E-state index contributed by atoms with van der Waals surface area (Å²) in [5.41, 5.74) is 1.41. The van der Waals surface area contributed by atoms with E-state index in [0.717, 1.165) is 5.57 Å². The molecular formula is C20H26O6. The molecule has 2 atom stereocenters. The van der Waals surface area contributed by atoms with Crippen LogP contribution in [0.1, 0.15) is 39.5 Å². The Morgan fingerprint density at radius 2 is 2.15 bits per heavy atom. The number of hydrogen-bond acceptors (Lipinski definition) is 6. The van der Waals surface area contributed by atoms with Crippen LogP contribution in [-0.4, -0.2) is 42.1 Å². The molecule has 0 aromatic carbocycles. The summed E-state index contributed by atoms with van der Waals surface area (Å²) in [6, 6.07) is 0. The van der Waals surface area contributed by atoms with E-state index in [1.807, 2.05) is 13.8 Å². The molecule has 6 nitrogen and oxygen atoms in total. The molecule has 0 radical (unpaired) electrons. The van der Waals surface area contributed by atoms with Gasteiger partial charge in [0.2, 0.25) is 0 Å². The summed E-state index contributed by atoms with van der Waals surface area (Å²) < 4.78 is 10.7. The Labute approximate surface area is 153 Å². The maximum absolute atomic E-state index is 12.3. The third-order valence-electron chi connectivity index (χ3n) is 4.53. The first-order chi connectivity index (χ1) is 12.3. The predicted octanol–water partition coefficient (Wildman–Crippen LogP) is 2.27.